The molecule has 1 heterocycles. The first-order chi connectivity index (χ1) is 10.1. The molecule has 1 aromatic carbocycles. The molecule has 0 radical (unpaired) electrons. The van der Waals surface area contributed by atoms with Crippen LogP contribution in [-0.2, 0) is 6.61 Å². The molecule has 1 aromatic heterocycles. The lowest BCUT2D eigenvalue weighted by molar-refractivity contribution is 0.280. The van der Waals surface area contributed by atoms with Crippen molar-refractivity contribution in [2.75, 3.05) is 7.11 Å². The number of aromatic nitrogens is 2. The summed E-state index contributed by atoms with van der Waals surface area (Å²) in [7, 11) is 1.49. The first-order valence-corrected chi connectivity index (χ1v) is 6.59. The van der Waals surface area contributed by atoms with Crippen LogP contribution in [0.1, 0.15) is 25.5 Å². The van der Waals surface area contributed by atoms with E-state index >= 15 is 0 Å². The van der Waals surface area contributed by atoms with Crippen molar-refractivity contribution < 1.29 is 14.6 Å². The maximum Gasteiger partial charge on any atom is 0.313 e. The van der Waals surface area contributed by atoms with Crippen molar-refractivity contribution in [1.29, 1.82) is 0 Å². The standard InChI is InChI=1S/C15H18N2O4/c1-10(2)17-7-6-16-14(15(17)19)21-12-5-4-11(9-18)8-13(12)20-3/h4-8,10,18H,9H2,1-3H3. The lowest BCUT2D eigenvalue weighted by Crippen LogP contribution is -2.23. The fourth-order valence-electron chi connectivity index (χ4n) is 1.88. The molecule has 0 atom stereocenters. The van der Waals surface area contributed by atoms with E-state index in [0.29, 0.717) is 17.1 Å². The molecule has 2 aromatic rings. The smallest absolute Gasteiger partial charge is 0.313 e. The van der Waals surface area contributed by atoms with Gasteiger partial charge in [0.15, 0.2) is 11.5 Å². The van der Waals surface area contributed by atoms with Crippen LogP contribution in [0.2, 0.25) is 0 Å². The fraction of sp³-hybridized carbons (Fsp3) is 0.333. The van der Waals surface area contributed by atoms with Crippen LogP contribution < -0.4 is 15.0 Å². The minimum atomic E-state index is -0.305. The second-order valence-electron chi connectivity index (χ2n) is 4.78. The van der Waals surface area contributed by atoms with Gasteiger partial charge in [-0.2, -0.15) is 0 Å². The molecule has 0 aliphatic rings. The van der Waals surface area contributed by atoms with Crippen LogP contribution in [-0.4, -0.2) is 21.8 Å². The van der Waals surface area contributed by atoms with Crippen molar-refractivity contribution in [2.24, 2.45) is 0 Å². The summed E-state index contributed by atoms with van der Waals surface area (Å²) in [5, 5.41) is 9.12. The fourth-order valence-corrected chi connectivity index (χ4v) is 1.88. The Kier molecular flexibility index (Phi) is 4.59. The van der Waals surface area contributed by atoms with Gasteiger partial charge in [0.25, 0.3) is 5.88 Å². The van der Waals surface area contributed by atoms with Gasteiger partial charge in [-0.15, -0.1) is 0 Å². The Morgan fingerprint density at radius 2 is 2.10 bits per heavy atom. The number of ether oxygens (including phenoxy) is 2. The number of hydrogen-bond acceptors (Lipinski definition) is 5. The SMILES string of the molecule is COc1cc(CO)ccc1Oc1nccn(C(C)C)c1=O. The van der Waals surface area contributed by atoms with E-state index in [0.717, 1.165) is 0 Å². The van der Waals surface area contributed by atoms with Crippen LogP contribution in [0.15, 0.2) is 35.4 Å². The zero-order valence-corrected chi connectivity index (χ0v) is 12.2. The molecule has 0 amide bonds. The van der Waals surface area contributed by atoms with E-state index in [1.807, 2.05) is 13.8 Å². The number of rotatable bonds is 5. The van der Waals surface area contributed by atoms with E-state index in [-0.39, 0.29) is 24.1 Å². The molecular formula is C15H18N2O4. The Morgan fingerprint density at radius 1 is 1.33 bits per heavy atom. The van der Waals surface area contributed by atoms with Crippen LogP contribution in [0, 0.1) is 0 Å². The second-order valence-corrected chi connectivity index (χ2v) is 4.78. The highest BCUT2D eigenvalue weighted by molar-refractivity contribution is 5.44. The third-order valence-electron chi connectivity index (χ3n) is 3.01. The van der Waals surface area contributed by atoms with Gasteiger partial charge in [0.1, 0.15) is 0 Å². The van der Waals surface area contributed by atoms with Gasteiger partial charge >= 0.3 is 5.56 Å². The number of methoxy groups -OCH3 is 1. The van der Waals surface area contributed by atoms with Crippen LogP contribution in [0.3, 0.4) is 0 Å². The van der Waals surface area contributed by atoms with Gasteiger partial charge in [0.05, 0.1) is 13.7 Å². The molecule has 6 heteroatoms. The predicted molar refractivity (Wildman–Crippen MR) is 77.9 cm³/mol. The highest BCUT2D eigenvalue weighted by Crippen LogP contribution is 2.30. The van der Waals surface area contributed by atoms with Gasteiger partial charge in [-0.05, 0) is 31.5 Å². The second kappa shape index (κ2) is 6.41. The van der Waals surface area contributed by atoms with Crippen LogP contribution >= 0.6 is 0 Å². The van der Waals surface area contributed by atoms with Crippen molar-refractivity contribution >= 4 is 0 Å². The van der Waals surface area contributed by atoms with E-state index < -0.39 is 0 Å². The van der Waals surface area contributed by atoms with Gasteiger partial charge in [-0.3, -0.25) is 4.79 Å². The van der Waals surface area contributed by atoms with Crippen molar-refractivity contribution in [1.82, 2.24) is 9.55 Å². The number of aliphatic hydroxyl groups is 1. The van der Waals surface area contributed by atoms with Gasteiger partial charge in [0, 0.05) is 18.4 Å². The maximum absolute atomic E-state index is 12.2. The van der Waals surface area contributed by atoms with Crippen molar-refractivity contribution in [3.05, 3.63) is 46.5 Å². The molecule has 1 N–H and O–H groups in total. The van der Waals surface area contributed by atoms with E-state index in [4.69, 9.17) is 14.6 Å². The Balaban J connectivity index is 2.39. The summed E-state index contributed by atoms with van der Waals surface area (Å²) in [5.41, 5.74) is 0.389. The molecule has 6 nitrogen and oxygen atoms in total. The zero-order valence-electron chi connectivity index (χ0n) is 12.2. The Morgan fingerprint density at radius 3 is 2.71 bits per heavy atom. The van der Waals surface area contributed by atoms with E-state index in [2.05, 4.69) is 4.98 Å². The van der Waals surface area contributed by atoms with Crippen molar-refractivity contribution in [3.8, 4) is 17.4 Å². The molecule has 0 aliphatic heterocycles. The third kappa shape index (κ3) is 3.22. The molecule has 0 unspecified atom stereocenters. The summed E-state index contributed by atoms with van der Waals surface area (Å²) in [4.78, 5) is 16.2. The van der Waals surface area contributed by atoms with E-state index in [9.17, 15) is 4.79 Å². The van der Waals surface area contributed by atoms with Crippen molar-refractivity contribution in [3.63, 3.8) is 0 Å². The molecule has 0 fully saturated rings. The summed E-state index contributed by atoms with van der Waals surface area (Å²) >= 11 is 0. The first-order valence-electron chi connectivity index (χ1n) is 6.59. The molecule has 112 valence electrons. The lowest BCUT2D eigenvalue weighted by Gasteiger charge is -2.13. The number of benzene rings is 1. The third-order valence-corrected chi connectivity index (χ3v) is 3.01. The summed E-state index contributed by atoms with van der Waals surface area (Å²) in [6.07, 6.45) is 3.14. The van der Waals surface area contributed by atoms with E-state index in [1.54, 1.807) is 24.4 Å². The monoisotopic (exact) mass is 290 g/mol. The number of aliphatic hydroxyl groups excluding tert-OH is 1. The molecular weight excluding hydrogens is 272 g/mol. The van der Waals surface area contributed by atoms with Crippen LogP contribution in [0.5, 0.6) is 17.4 Å². The minimum Gasteiger partial charge on any atom is -0.493 e. The zero-order chi connectivity index (χ0) is 15.4. The maximum atomic E-state index is 12.2. The number of nitrogens with zero attached hydrogens (tertiary/aromatic N) is 2. The average molecular weight is 290 g/mol. The summed E-state index contributed by atoms with van der Waals surface area (Å²) in [6, 6.07) is 5.00. The summed E-state index contributed by atoms with van der Waals surface area (Å²) in [6.45, 7) is 3.71. The molecule has 0 saturated heterocycles. The van der Waals surface area contributed by atoms with Gasteiger partial charge in [-0.25, -0.2) is 4.98 Å². The first kappa shape index (κ1) is 15.1. The Bertz CT molecular complexity index is 680. The highest BCUT2D eigenvalue weighted by atomic mass is 16.5. The van der Waals surface area contributed by atoms with Crippen molar-refractivity contribution in [2.45, 2.75) is 26.5 Å². The number of hydrogen-bond donors (Lipinski definition) is 1. The molecule has 0 spiro atoms. The minimum absolute atomic E-state index is 0.0127. The molecule has 0 saturated carbocycles. The molecule has 2 rings (SSSR count). The Labute approximate surface area is 122 Å². The molecule has 0 aliphatic carbocycles. The molecule has 0 bridgehead atoms. The largest absolute Gasteiger partial charge is 0.493 e. The van der Waals surface area contributed by atoms with Crippen LogP contribution in [0.25, 0.3) is 0 Å². The van der Waals surface area contributed by atoms with E-state index in [1.165, 1.54) is 17.9 Å². The highest BCUT2D eigenvalue weighted by Gasteiger charge is 2.12. The quantitative estimate of drug-likeness (QED) is 0.913. The molecule has 21 heavy (non-hydrogen) atoms. The normalized spacial score (nSPS) is 10.7. The lowest BCUT2D eigenvalue weighted by atomic mass is 10.2. The summed E-state index contributed by atoms with van der Waals surface area (Å²) < 4.78 is 12.3. The summed E-state index contributed by atoms with van der Waals surface area (Å²) in [5.74, 6) is 0.796. The predicted octanol–water partition coefficient (Wildman–Crippen LogP) is 2.12. The van der Waals surface area contributed by atoms with Gasteiger partial charge < -0.3 is 19.1 Å². The van der Waals surface area contributed by atoms with Gasteiger partial charge in [-0.1, -0.05) is 6.07 Å². The average Bonchev–Trinajstić information content (AvgIpc) is 2.49. The Hall–Kier alpha value is -2.34. The van der Waals surface area contributed by atoms with Crippen LogP contribution in [0.4, 0.5) is 0 Å². The van der Waals surface area contributed by atoms with Gasteiger partial charge in [0.2, 0.25) is 0 Å². The topological polar surface area (TPSA) is 73.6 Å².